The number of carbonyl (C=O) groups is 1. The molecule has 1 atom stereocenters. The summed E-state index contributed by atoms with van der Waals surface area (Å²) in [6.45, 7) is 4.16. The molecule has 0 bridgehead atoms. The fourth-order valence-corrected chi connectivity index (χ4v) is 9.20. The summed E-state index contributed by atoms with van der Waals surface area (Å²) in [5, 5.41) is 24.2. The van der Waals surface area contributed by atoms with Gasteiger partial charge in [0.15, 0.2) is 10.3 Å². The van der Waals surface area contributed by atoms with Crippen LogP contribution < -0.4 is 9.80 Å². The minimum Gasteiger partial charge on any atom is -0.378 e. The molecule has 2 aliphatic heterocycles. The van der Waals surface area contributed by atoms with E-state index in [-0.39, 0.29) is 11.4 Å². The monoisotopic (exact) mass is 1030 g/mol. The van der Waals surface area contributed by atoms with Gasteiger partial charge >= 0.3 is 12.4 Å². The van der Waals surface area contributed by atoms with Crippen LogP contribution in [0.1, 0.15) is 21.7 Å². The van der Waals surface area contributed by atoms with Crippen LogP contribution in [0, 0.1) is 11.6 Å². The minimum absolute atomic E-state index is 0.243. The Labute approximate surface area is 391 Å². The average molecular weight is 1040 g/mol. The van der Waals surface area contributed by atoms with Gasteiger partial charge < -0.3 is 24.4 Å². The van der Waals surface area contributed by atoms with Crippen LogP contribution in [-0.2, 0) is 15.1 Å². The fourth-order valence-electron chi connectivity index (χ4n) is 7.04. The van der Waals surface area contributed by atoms with Crippen LogP contribution in [0.5, 0.6) is 0 Å². The Hall–Kier alpha value is -5.85. The summed E-state index contributed by atoms with van der Waals surface area (Å²) in [4.78, 5) is 22.5. The Balaban J connectivity index is 0.000000150. The van der Waals surface area contributed by atoms with E-state index in [9.17, 15) is 45.0 Å². The van der Waals surface area contributed by atoms with Crippen molar-refractivity contribution in [1.29, 1.82) is 0 Å². The molecule has 350 valence electrons. The maximum atomic E-state index is 14.3. The van der Waals surface area contributed by atoms with Gasteiger partial charge in [0.05, 0.1) is 66.9 Å². The third-order valence-corrected chi connectivity index (χ3v) is 12.8. The molecule has 2 fully saturated rings. The molecule has 2 aliphatic rings. The number of rotatable bonds is 7. The van der Waals surface area contributed by atoms with Crippen LogP contribution in [0.4, 0.5) is 45.4 Å². The third-order valence-electron chi connectivity index (χ3n) is 10.5. The van der Waals surface area contributed by atoms with Crippen molar-refractivity contribution in [1.82, 2.24) is 29.5 Å². The standard InChI is InChI=1S/C22H18F4N4O2S.C13H8BrFN2.C9H9F3N2O2S/c23-16-2-4-17(5-3-16)30-18-6-1-15(11-14(18)12-27-30)21(31,22(24,25)26)19-13-33-20(28-19)29-7-9-32-10-8-29;14-10-1-6-13-9(7-10)8-16-17(13)12-4-2-11(15)3-5-12;10-9(11,12)7(15)6-5-17-8(13-6)14-1-3-16-4-2-14/h1-6,11-13,31H,7-10H2;1-8H;5H,1-4H2. The van der Waals surface area contributed by atoms with Crippen molar-refractivity contribution in [2.24, 2.45) is 0 Å². The first-order valence-electron chi connectivity index (χ1n) is 20.1. The number of thiazole rings is 2. The highest BCUT2D eigenvalue weighted by atomic mass is 79.9. The lowest BCUT2D eigenvalue weighted by Gasteiger charge is -2.30. The molecule has 4 aromatic carbocycles. The molecule has 1 unspecified atom stereocenters. The minimum atomic E-state index is -5.01. The number of Topliss-reactive ketones (excluding diaryl/α,β-unsaturated/α-hetero) is 1. The molecule has 6 heterocycles. The highest BCUT2D eigenvalue weighted by Gasteiger charge is 2.58. The number of morpholine rings is 2. The number of anilines is 2. The lowest BCUT2D eigenvalue weighted by molar-refractivity contribution is -0.249. The number of benzene rings is 4. The second-order valence-corrected chi connectivity index (χ2v) is 17.4. The number of nitrogens with zero attached hydrogens (tertiary/aromatic N) is 8. The van der Waals surface area contributed by atoms with Crippen LogP contribution in [-0.4, -0.2) is 105 Å². The van der Waals surface area contributed by atoms with Gasteiger partial charge in [0, 0.05) is 52.2 Å². The molecule has 10 rings (SSSR count). The van der Waals surface area contributed by atoms with E-state index >= 15 is 0 Å². The van der Waals surface area contributed by atoms with Crippen molar-refractivity contribution in [3.63, 3.8) is 0 Å². The van der Waals surface area contributed by atoms with Crippen LogP contribution in [0.15, 0.2) is 113 Å². The van der Waals surface area contributed by atoms with E-state index in [2.05, 4.69) is 36.1 Å². The summed E-state index contributed by atoms with van der Waals surface area (Å²) in [7, 11) is 0. The molecule has 2 saturated heterocycles. The fraction of sp³-hybridized carbons (Fsp3) is 0.250. The van der Waals surface area contributed by atoms with Gasteiger partial charge in [-0.3, -0.25) is 4.79 Å². The topological polar surface area (TPSA) is 124 Å². The number of alkyl halides is 6. The Morgan fingerprint density at radius 2 is 1.12 bits per heavy atom. The van der Waals surface area contributed by atoms with Gasteiger partial charge in [-0.25, -0.2) is 28.1 Å². The summed E-state index contributed by atoms with van der Waals surface area (Å²) < 4.78 is 120. The molecule has 12 nitrogen and oxygen atoms in total. The van der Waals surface area contributed by atoms with E-state index in [1.165, 1.54) is 70.9 Å². The van der Waals surface area contributed by atoms with Gasteiger partial charge in [0.1, 0.15) is 17.3 Å². The van der Waals surface area contributed by atoms with Gasteiger partial charge in [0.2, 0.25) is 5.60 Å². The number of hydrogen-bond donors (Lipinski definition) is 1. The number of halogens is 9. The molecule has 0 amide bonds. The normalized spacial score (nSPS) is 15.4. The number of ketones is 1. The summed E-state index contributed by atoms with van der Waals surface area (Å²) in [6.07, 6.45) is -6.68. The summed E-state index contributed by atoms with van der Waals surface area (Å²) in [5.41, 5.74) is -1.75. The van der Waals surface area contributed by atoms with E-state index in [1.54, 1.807) is 27.9 Å². The third kappa shape index (κ3) is 10.5. The Kier molecular flexibility index (Phi) is 14.1. The smallest absolute Gasteiger partial charge is 0.378 e. The van der Waals surface area contributed by atoms with E-state index in [0.29, 0.717) is 79.5 Å². The van der Waals surface area contributed by atoms with Crippen LogP contribution in [0.25, 0.3) is 33.2 Å². The maximum absolute atomic E-state index is 14.3. The molecule has 1 N–H and O–H groups in total. The van der Waals surface area contributed by atoms with Crippen molar-refractivity contribution in [3.05, 3.63) is 141 Å². The molecular weight excluding hydrogens is 1000 g/mol. The van der Waals surface area contributed by atoms with Crippen molar-refractivity contribution in [3.8, 4) is 11.4 Å². The van der Waals surface area contributed by atoms with Gasteiger partial charge in [0.25, 0.3) is 5.78 Å². The second kappa shape index (κ2) is 19.8. The molecule has 0 radical (unpaired) electrons. The number of aromatic nitrogens is 6. The SMILES string of the molecule is Fc1ccc(-n2ncc3cc(Br)ccc32)cc1.O=C(c1csc(N2CCOCC2)n1)C(F)(F)F.OC(c1ccc2c(cnn2-c2ccc(F)cc2)c1)(c1csc(N2CCOCC2)n1)C(F)(F)F. The van der Waals surface area contributed by atoms with E-state index in [0.717, 1.165) is 49.1 Å². The lowest BCUT2D eigenvalue weighted by Crippen LogP contribution is -2.44. The number of ether oxygens (including phenoxy) is 2. The number of fused-ring (bicyclic) bond motifs is 2. The highest BCUT2D eigenvalue weighted by Crippen LogP contribution is 2.46. The van der Waals surface area contributed by atoms with Crippen LogP contribution in [0.2, 0.25) is 0 Å². The molecule has 0 spiro atoms. The van der Waals surface area contributed by atoms with Gasteiger partial charge in [-0.1, -0.05) is 22.0 Å². The zero-order chi connectivity index (χ0) is 47.5. The molecule has 0 saturated carbocycles. The Morgan fingerprint density at radius 1 is 0.642 bits per heavy atom. The predicted octanol–water partition coefficient (Wildman–Crippen LogP) is 9.91. The van der Waals surface area contributed by atoms with E-state index in [4.69, 9.17) is 9.47 Å². The largest absolute Gasteiger partial charge is 0.456 e. The Morgan fingerprint density at radius 3 is 1.63 bits per heavy atom. The van der Waals surface area contributed by atoms with Crippen molar-refractivity contribution >= 4 is 76.5 Å². The van der Waals surface area contributed by atoms with E-state index < -0.39 is 40.9 Å². The predicted molar refractivity (Wildman–Crippen MR) is 239 cm³/mol. The quantitative estimate of drug-likeness (QED) is 0.122. The first-order chi connectivity index (χ1) is 32.0. The van der Waals surface area contributed by atoms with Crippen molar-refractivity contribution in [2.75, 3.05) is 62.4 Å². The van der Waals surface area contributed by atoms with Crippen LogP contribution in [0.3, 0.4) is 0 Å². The molecular formula is C44H35BrF8N8O4S2. The molecule has 4 aromatic heterocycles. The van der Waals surface area contributed by atoms with Crippen LogP contribution >= 0.6 is 38.6 Å². The van der Waals surface area contributed by atoms with E-state index in [1.807, 2.05) is 23.1 Å². The lowest BCUT2D eigenvalue weighted by atomic mass is 9.89. The molecule has 23 heteroatoms. The average Bonchev–Trinajstić information content (AvgIpc) is 4.16. The number of hydrogen-bond acceptors (Lipinski definition) is 12. The number of aliphatic hydroxyl groups is 1. The van der Waals surface area contributed by atoms with Gasteiger partial charge in [-0.15, -0.1) is 22.7 Å². The maximum Gasteiger partial charge on any atom is 0.456 e. The highest BCUT2D eigenvalue weighted by molar-refractivity contribution is 9.10. The first kappa shape index (κ1) is 47.6. The summed E-state index contributed by atoms with van der Waals surface area (Å²) in [6, 6.07) is 21.7. The molecule has 8 aromatic rings. The van der Waals surface area contributed by atoms with Gasteiger partial charge in [-0.05, 0) is 84.4 Å². The van der Waals surface area contributed by atoms with Gasteiger partial charge in [-0.2, -0.15) is 36.5 Å². The van der Waals surface area contributed by atoms with Crippen molar-refractivity contribution < 1.29 is 54.5 Å². The first-order valence-corrected chi connectivity index (χ1v) is 22.7. The molecule has 0 aliphatic carbocycles. The Bertz CT molecular complexity index is 2970. The summed E-state index contributed by atoms with van der Waals surface area (Å²) in [5.74, 6) is -2.55. The second-order valence-electron chi connectivity index (χ2n) is 14.8. The zero-order valence-electron chi connectivity index (χ0n) is 34.5. The zero-order valence-corrected chi connectivity index (χ0v) is 37.7. The number of carbonyl (C=O) groups excluding carboxylic acids is 1. The van der Waals surface area contributed by atoms with Crippen molar-refractivity contribution in [2.45, 2.75) is 18.0 Å². The summed E-state index contributed by atoms with van der Waals surface area (Å²) >= 11 is 5.51. The molecule has 67 heavy (non-hydrogen) atoms.